The molecule has 3 N–H and O–H groups in total. The molecule has 0 bridgehead atoms. The molecular formula is C12H18N2O2. The summed E-state index contributed by atoms with van der Waals surface area (Å²) in [5.41, 5.74) is 6.69. The van der Waals surface area contributed by atoms with Crippen molar-refractivity contribution in [1.29, 1.82) is 0 Å². The van der Waals surface area contributed by atoms with Crippen LogP contribution in [0.15, 0.2) is 29.3 Å². The fourth-order valence-corrected chi connectivity index (χ4v) is 1.24. The molecule has 0 saturated heterocycles. The summed E-state index contributed by atoms with van der Waals surface area (Å²) in [5.74, 6) is 1.25. The Morgan fingerprint density at radius 1 is 1.38 bits per heavy atom. The fraction of sp³-hybridized carbons (Fsp3) is 0.417. The average molecular weight is 222 g/mol. The van der Waals surface area contributed by atoms with Gasteiger partial charge in [0.25, 0.3) is 0 Å². The third-order valence-electron chi connectivity index (χ3n) is 1.91. The van der Waals surface area contributed by atoms with E-state index >= 15 is 0 Å². The van der Waals surface area contributed by atoms with Crippen LogP contribution < -0.4 is 10.5 Å². The maximum Gasteiger partial charge on any atom is 0.125 e. The van der Waals surface area contributed by atoms with Gasteiger partial charge in [0, 0.05) is 11.6 Å². The fourth-order valence-electron chi connectivity index (χ4n) is 1.24. The van der Waals surface area contributed by atoms with E-state index in [2.05, 4.69) is 4.99 Å². The predicted molar refractivity (Wildman–Crippen MR) is 64.9 cm³/mol. The van der Waals surface area contributed by atoms with Gasteiger partial charge in [0.15, 0.2) is 0 Å². The van der Waals surface area contributed by atoms with Gasteiger partial charge in [0.05, 0.1) is 6.61 Å². The Kier molecular flexibility index (Phi) is 4.79. The summed E-state index contributed by atoms with van der Waals surface area (Å²) in [5, 5.41) is 8.61. The Morgan fingerprint density at radius 2 is 2.00 bits per heavy atom. The number of nitrogens with two attached hydrogens (primary N) is 1. The van der Waals surface area contributed by atoms with Crippen LogP contribution in [0.3, 0.4) is 0 Å². The zero-order valence-electron chi connectivity index (χ0n) is 9.68. The second kappa shape index (κ2) is 6.12. The molecule has 4 nitrogen and oxygen atoms in total. The van der Waals surface area contributed by atoms with Crippen LogP contribution in [0.4, 0.5) is 0 Å². The summed E-state index contributed by atoms with van der Waals surface area (Å²) in [6.45, 7) is 4.27. The lowest BCUT2D eigenvalue weighted by atomic mass is 10.2. The minimum atomic E-state index is 0.0126. The van der Waals surface area contributed by atoms with Crippen LogP contribution in [0.1, 0.15) is 19.4 Å². The number of hydrogen-bond acceptors (Lipinski definition) is 3. The molecule has 0 aromatic heterocycles. The van der Waals surface area contributed by atoms with Gasteiger partial charge in [-0.05, 0) is 38.1 Å². The second-order valence-corrected chi connectivity index (χ2v) is 3.70. The predicted octanol–water partition coefficient (Wildman–Crippen LogP) is 1.17. The van der Waals surface area contributed by atoms with Crippen molar-refractivity contribution in [1.82, 2.24) is 0 Å². The summed E-state index contributed by atoms with van der Waals surface area (Å²) in [4.78, 5) is 4.25. The van der Waals surface area contributed by atoms with Gasteiger partial charge in [0.2, 0.25) is 0 Å². The van der Waals surface area contributed by atoms with Gasteiger partial charge >= 0.3 is 0 Å². The standard InChI is InChI=1S/C12H18N2O2/c1-9(2)14-12(13)10-3-5-11(6-4-10)16-8-7-15/h3-6,9,15H,7-8H2,1-2H3,(H2,13,14). The quantitative estimate of drug-likeness (QED) is 0.580. The smallest absolute Gasteiger partial charge is 0.125 e. The van der Waals surface area contributed by atoms with Crippen molar-refractivity contribution in [2.45, 2.75) is 19.9 Å². The van der Waals surface area contributed by atoms with Crippen molar-refractivity contribution in [2.24, 2.45) is 10.7 Å². The van der Waals surface area contributed by atoms with E-state index in [9.17, 15) is 0 Å². The van der Waals surface area contributed by atoms with E-state index in [1.807, 2.05) is 38.1 Å². The Balaban J connectivity index is 2.71. The molecule has 1 aromatic rings. The summed E-state index contributed by atoms with van der Waals surface area (Å²) in [6, 6.07) is 7.52. The van der Waals surface area contributed by atoms with Crippen LogP contribution in [-0.2, 0) is 0 Å². The van der Waals surface area contributed by atoms with Crippen LogP contribution >= 0.6 is 0 Å². The molecule has 0 aliphatic heterocycles. The van der Waals surface area contributed by atoms with Crippen molar-refractivity contribution >= 4 is 5.84 Å². The minimum Gasteiger partial charge on any atom is -0.491 e. The normalized spacial score (nSPS) is 11.9. The van der Waals surface area contributed by atoms with Gasteiger partial charge in [-0.25, -0.2) is 0 Å². The zero-order valence-corrected chi connectivity index (χ0v) is 9.68. The monoisotopic (exact) mass is 222 g/mol. The van der Waals surface area contributed by atoms with E-state index in [0.717, 1.165) is 11.3 Å². The molecule has 0 saturated carbocycles. The molecule has 1 aromatic carbocycles. The Hall–Kier alpha value is -1.55. The first-order chi connectivity index (χ1) is 7.63. The van der Waals surface area contributed by atoms with E-state index in [4.69, 9.17) is 15.6 Å². The highest BCUT2D eigenvalue weighted by Crippen LogP contribution is 2.12. The molecule has 0 amide bonds. The molecule has 0 heterocycles. The molecule has 0 aliphatic carbocycles. The van der Waals surface area contributed by atoms with Crippen molar-refractivity contribution in [3.05, 3.63) is 29.8 Å². The lowest BCUT2D eigenvalue weighted by Gasteiger charge is -2.06. The maximum atomic E-state index is 8.61. The second-order valence-electron chi connectivity index (χ2n) is 3.70. The molecule has 0 unspecified atom stereocenters. The molecule has 16 heavy (non-hydrogen) atoms. The van der Waals surface area contributed by atoms with E-state index < -0.39 is 0 Å². The molecule has 0 atom stereocenters. The number of amidine groups is 1. The number of ether oxygens (including phenoxy) is 1. The number of rotatable bonds is 5. The van der Waals surface area contributed by atoms with Crippen molar-refractivity contribution in [3.63, 3.8) is 0 Å². The molecule has 1 rings (SSSR count). The lowest BCUT2D eigenvalue weighted by Crippen LogP contribution is -2.15. The number of aliphatic hydroxyl groups is 1. The van der Waals surface area contributed by atoms with Gasteiger partial charge < -0.3 is 15.6 Å². The third-order valence-corrected chi connectivity index (χ3v) is 1.91. The van der Waals surface area contributed by atoms with Crippen LogP contribution in [-0.4, -0.2) is 30.2 Å². The van der Waals surface area contributed by atoms with Gasteiger partial charge in [-0.2, -0.15) is 0 Å². The topological polar surface area (TPSA) is 67.8 Å². The molecule has 0 aliphatic rings. The van der Waals surface area contributed by atoms with E-state index in [1.54, 1.807) is 0 Å². The summed E-state index contributed by atoms with van der Waals surface area (Å²) in [7, 11) is 0. The first kappa shape index (κ1) is 12.5. The highest BCUT2D eigenvalue weighted by molar-refractivity contribution is 5.97. The van der Waals surface area contributed by atoms with Crippen molar-refractivity contribution in [2.75, 3.05) is 13.2 Å². The first-order valence-corrected chi connectivity index (χ1v) is 5.31. The summed E-state index contributed by atoms with van der Waals surface area (Å²) in [6.07, 6.45) is 0. The number of aliphatic hydroxyl groups excluding tert-OH is 1. The molecular weight excluding hydrogens is 204 g/mol. The average Bonchev–Trinajstić information content (AvgIpc) is 2.26. The SMILES string of the molecule is CC(C)N=C(N)c1ccc(OCCO)cc1. The largest absolute Gasteiger partial charge is 0.491 e. The maximum absolute atomic E-state index is 8.61. The van der Waals surface area contributed by atoms with Crippen LogP contribution in [0.25, 0.3) is 0 Å². The Morgan fingerprint density at radius 3 is 2.50 bits per heavy atom. The lowest BCUT2D eigenvalue weighted by molar-refractivity contribution is 0.201. The molecule has 0 radical (unpaired) electrons. The Bertz CT molecular complexity index is 345. The first-order valence-electron chi connectivity index (χ1n) is 5.31. The van der Waals surface area contributed by atoms with Gasteiger partial charge in [0.1, 0.15) is 18.2 Å². The van der Waals surface area contributed by atoms with Crippen LogP contribution in [0.5, 0.6) is 5.75 Å². The highest BCUT2D eigenvalue weighted by atomic mass is 16.5. The van der Waals surface area contributed by atoms with Gasteiger partial charge in [-0.1, -0.05) is 0 Å². The van der Waals surface area contributed by atoms with Gasteiger partial charge in [-0.15, -0.1) is 0 Å². The third kappa shape index (κ3) is 3.90. The van der Waals surface area contributed by atoms with Crippen LogP contribution in [0, 0.1) is 0 Å². The van der Waals surface area contributed by atoms with Crippen LogP contribution in [0.2, 0.25) is 0 Å². The van der Waals surface area contributed by atoms with Crippen molar-refractivity contribution in [3.8, 4) is 5.75 Å². The van der Waals surface area contributed by atoms with Crippen molar-refractivity contribution < 1.29 is 9.84 Å². The molecule has 4 heteroatoms. The van der Waals surface area contributed by atoms with Gasteiger partial charge in [-0.3, -0.25) is 4.99 Å². The van der Waals surface area contributed by atoms with E-state index in [0.29, 0.717) is 12.4 Å². The van der Waals surface area contributed by atoms with E-state index in [-0.39, 0.29) is 12.6 Å². The van der Waals surface area contributed by atoms with E-state index in [1.165, 1.54) is 0 Å². The summed E-state index contributed by atoms with van der Waals surface area (Å²) < 4.78 is 5.24. The molecule has 0 fully saturated rings. The number of aliphatic imine (C=N–C) groups is 1. The molecule has 0 spiro atoms. The Labute approximate surface area is 95.8 Å². The number of hydrogen-bond donors (Lipinski definition) is 2. The zero-order chi connectivity index (χ0) is 12.0. The highest BCUT2D eigenvalue weighted by Gasteiger charge is 2.00. The minimum absolute atomic E-state index is 0.0126. The molecule has 88 valence electrons. The number of nitrogens with zero attached hydrogens (tertiary/aromatic N) is 1. The number of benzene rings is 1. The summed E-state index contributed by atoms with van der Waals surface area (Å²) >= 11 is 0.